The van der Waals surface area contributed by atoms with Crippen LogP contribution in [0.5, 0.6) is 0 Å². The largest absolute Gasteiger partial charge is 0.378 e. The molecule has 88 valence electrons. The van der Waals surface area contributed by atoms with Crippen LogP contribution in [0, 0.1) is 5.92 Å². The number of ether oxygens (including phenoxy) is 1. The zero-order valence-electron chi connectivity index (χ0n) is 10.2. The molecule has 1 aromatic rings. The van der Waals surface area contributed by atoms with Crippen molar-refractivity contribution in [3.05, 3.63) is 35.9 Å². The first-order valence-electron chi connectivity index (χ1n) is 6.52. The topological polar surface area (TPSA) is 9.23 Å². The lowest BCUT2D eigenvalue weighted by Crippen LogP contribution is -2.26. The quantitative estimate of drug-likeness (QED) is 0.746. The Hall–Kier alpha value is -0.820. The highest BCUT2D eigenvalue weighted by atomic mass is 16.5. The summed E-state index contributed by atoms with van der Waals surface area (Å²) in [7, 11) is 0. The second kappa shape index (κ2) is 6.05. The van der Waals surface area contributed by atoms with E-state index in [1.807, 2.05) is 0 Å². The molecule has 0 heterocycles. The van der Waals surface area contributed by atoms with E-state index in [1.165, 1.54) is 31.2 Å². The van der Waals surface area contributed by atoms with E-state index in [2.05, 4.69) is 37.3 Å². The zero-order valence-corrected chi connectivity index (χ0v) is 10.2. The van der Waals surface area contributed by atoms with Crippen molar-refractivity contribution in [1.82, 2.24) is 0 Å². The maximum atomic E-state index is 6.00. The van der Waals surface area contributed by atoms with Gasteiger partial charge in [0.1, 0.15) is 0 Å². The molecule has 1 aromatic carbocycles. The molecule has 0 amide bonds. The van der Waals surface area contributed by atoms with Crippen molar-refractivity contribution in [1.29, 1.82) is 0 Å². The smallest absolute Gasteiger partial charge is 0.0600 e. The maximum absolute atomic E-state index is 6.00. The van der Waals surface area contributed by atoms with Crippen LogP contribution in [-0.4, -0.2) is 12.7 Å². The normalized spacial score (nSPS) is 25.6. The van der Waals surface area contributed by atoms with E-state index < -0.39 is 0 Å². The van der Waals surface area contributed by atoms with Crippen molar-refractivity contribution in [2.45, 2.75) is 45.1 Å². The summed E-state index contributed by atoms with van der Waals surface area (Å²) in [4.78, 5) is 0. The molecule has 1 unspecified atom stereocenters. The van der Waals surface area contributed by atoms with Gasteiger partial charge in [0.2, 0.25) is 0 Å². The van der Waals surface area contributed by atoms with Gasteiger partial charge in [0, 0.05) is 0 Å². The van der Waals surface area contributed by atoms with Gasteiger partial charge >= 0.3 is 0 Å². The second-order valence-electron chi connectivity index (χ2n) is 4.91. The van der Waals surface area contributed by atoms with Crippen LogP contribution < -0.4 is 0 Å². The van der Waals surface area contributed by atoms with Crippen molar-refractivity contribution >= 4 is 0 Å². The van der Waals surface area contributed by atoms with E-state index >= 15 is 0 Å². The number of benzene rings is 1. The zero-order chi connectivity index (χ0) is 11.2. The van der Waals surface area contributed by atoms with Crippen LogP contribution in [0.3, 0.4) is 0 Å². The van der Waals surface area contributed by atoms with Crippen LogP contribution in [0.4, 0.5) is 0 Å². The third kappa shape index (κ3) is 3.34. The minimum atomic E-state index is 0.512. The average Bonchev–Trinajstić information content (AvgIpc) is 2.33. The molecule has 0 aliphatic heterocycles. The molecular formula is C15H22O. The Bertz CT molecular complexity index is 294. The highest BCUT2D eigenvalue weighted by Gasteiger charge is 2.21. The highest BCUT2D eigenvalue weighted by Crippen LogP contribution is 2.26. The molecule has 0 aromatic heterocycles. The summed E-state index contributed by atoms with van der Waals surface area (Å²) in [5.41, 5.74) is 1.38. The molecule has 0 bridgehead atoms. The van der Waals surface area contributed by atoms with Crippen LogP contribution in [0.15, 0.2) is 30.3 Å². The van der Waals surface area contributed by atoms with Gasteiger partial charge in [-0.15, -0.1) is 0 Å². The molecule has 16 heavy (non-hydrogen) atoms. The molecule has 0 spiro atoms. The van der Waals surface area contributed by atoms with Crippen LogP contribution in [0.2, 0.25) is 0 Å². The minimum absolute atomic E-state index is 0.512. The molecule has 1 saturated carbocycles. The predicted octanol–water partition coefficient (Wildman–Crippen LogP) is 3.82. The van der Waals surface area contributed by atoms with Gasteiger partial charge in [-0.1, -0.05) is 50.1 Å². The lowest BCUT2D eigenvalue weighted by Gasteiger charge is -2.28. The van der Waals surface area contributed by atoms with E-state index in [9.17, 15) is 0 Å². The SMILES string of the molecule is C[C@H]1CCCCC1OCCc1ccccc1. The summed E-state index contributed by atoms with van der Waals surface area (Å²) in [5, 5.41) is 0. The van der Waals surface area contributed by atoms with Gasteiger partial charge in [-0.05, 0) is 30.7 Å². The number of rotatable bonds is 4. The minimum Gasteiger partial charge on any atom is -0.378 e. The first-order chi connectivity index (χ1) is 7.86. The summed E-state index contributed by atoms with van der Waals surface area (Å²) in [5.74, 6) is 0.754. The Morgan fingerprint density at radius 2 is 1.88 bits per heavy atom. The van der Waals surface area contributed by atoms with Gasteiger partial charge in [0.05, 0.1) is 12.7 Å². The fourth-order valence-electron chi connectivity index (χ4n) is 2.50. The van der Waals surface area contributed by atoms with Crippen molar-refractivity contribution < 1.29 is 4.74 Å². The van der Waals surface area contributed by atoms with Gasteiger partial charge < -0.3 is 4.74 Å². The first kappa shape index (κ1) is 11.7. The summed E-state index contributed by atoms with van der Waals surface area (Å²) in [6, 6.07) is 10.6. The highest BCUT2D eigenvalue weighted by molar-refractivity contribution is 5.14. The first-order valence-corrected chi connectivity index (χ1v) is 6.52. The Balaban J connectivity index is 1.71. The molecule has 0 radical (unpaired) electrons. The molecule has 2 rings (SSSR count). The summed E-state index contributed by atoms with van der Waals surface area (Å²) < 4.78 is 6.00. The van der Waals surface area contributed by atoms with Gasteiger partial charge in [-0.2, -0.15) is 0 Å². The van der Waals surface area contributed by atoms with E-state index in [0.29, 0.717) is 6.10 Å². The standard InChI is InChI=1S/C15H22O/c1-13-7-5-6-10-15(13)16-12-11-14-8-3-2-4-9-14/h2-4,8-9,13,15H,5-7,10-12H2,1H3/t13-,15?/m0/s1. The molecule has 1 aliphatic rings. The fraction of sp³-hybridized carbons (Fsp3) is 0.600. The van der Waals surface area contributed by atoms with Crippen molar-refractivity contribution in [3.63, 3.8) is 0 Å². The van der Waals surface area contributed by atoms with Crippen molar-refractivity contribution in [2.24, 2.45) is 5.92 Å². The van der Waals surface area contributed by atoms with Crippen molar-refractivity contribution in [3.8, 4) is 0 Å². The van der Waals surface area contributed by atoms with Crippen LogP contribution in [-0.2, 0) is 11.2 Å². The molecule has 1 nitrogen and oxygen atoms in total. The molecular weight excluding hydrogens is 196 g/mol. The Morgan fingerprint density at radius 1 is 1.12 bits per heavy atom. The van der Waals surface area contributed by atoms with Gasteiger partial charge in [-0.25, -0.2) is 0 Å². The Labute approximate surface area is 98.8 Å². The van der Waals surface area contributed by atoms with Gasteiger partial charge in [0.15, 0.2) is 0 Å². The molecule has 0 N–H and O–H groups in total. The molecule has 1 fully saturated rings. The predicted molar refractivity (Wildman–Crippen MR) is 67.5 cm³/mol. The fourth-order valence-corrected chi connectivity index (χ4v) is 2.50. The maximum Gasteiger partial charge on any atom is 0.0600 e. The summed E-state index contributed by atoms with van der Waals surface area (Å²) >= 11 is 0. The number of hydrogen-bond acceptors (Lipinski definition) is 1. The second-order valence-corrected chi connectivity index (χ2v) is 4.91. The lowest BCUT2D eigenvalue weighted by molar-refractivity contribution is -0.00333. The number of hydrogen-bond donors (Lipinski definition) is 0. The monoisotopic (exact) mass is 218 g/mol. The summed E-state index contributed by atoms with van der Waals surface area (Å²) in [6.45, 7) is 3.20. The molecule has 2 atom stereocenters. The Morgan fingerprint density at radius 3 is 2.62 bits per heavy atom. The van der Waals surface area contributed by atoms with E-state index in [0.717, 1.165) is 18.9 Å². The Kier molecular flexibility index (Phi) is 4.41. The van der Waals surface area contributed by atoms with Crippen molar-refractivity contribution in [2.75, 3.05) is 6.61 Å². The average molecular weight is 218 g/mol. The van der Waals surface area contributed by atoms with Crippen LogP contribution in [0.25, 0.3) is 0 Å². The van der Waals surface area contributed by atoms with E-state index in [1.54, 1.807) is 0 Å². The molecule has 1 aliphatic carbocycles. The van der Waals surface area contributed by atoms with Crippen LogP contribution >= 0.6 is 0 Å². The molecule has 1 heteroatoms. The summed E-state index contributed by atoms with van der Waals surface area (Å²) in [6.07, 6.45) is 6.90. The van der Waals surface area contributed by atoms with E-state index in [-0.39, 0.29) is 0 Å². The lowest BCUT2D eigenvalue weighted by atomic mass is 9.88. The molecule has 0 saturated heterocycles. The third-order valence-electron chi connectivity index (χ3n) is 3.60. The van der Waals surface area contributed by atoms with E-state index in [4.69, 9.17) is 4.74 Å². The van der Waals surface area contributed by atoms with Crippen LogP contribution in [0.1, 0.15) is 38.2 Å². The van der Waals surface area contributed by atoms with Gasteiger partial charge in [0.25, 0.3) is 0 Å². The van der Waals surface area contributed by atoms with Gasteiger partial charge in [-0.3, -0.25) is 0 Å². The third-order valence-corrected chi connectivity index (χ3v) is 3.60.